The fraction of sp³-hybridized carbons (Fsp3) is 0.500. The van der Waals surface area contributed by atoms with Gasteiger partial charge in [-0.25, -0.2) is 0 Å². The van der Waals surface area contributed by atoms with Crippen molar-refractivity contribution in [2.45, 2.75) is 13.8 Å². The number of aromatic nitrogens is 1. The van der Waals surface area contributed by atoms with Crippen molar-refractivity contribution < 1.29 is 4.52 Å². The molecule has 0 aromatic carbocycles. The molecule has 0 radical (unpaired) electrons. The van der Waals surface area contributed by atoms with Gasteiger partial charge in [0.2, 0.25) is 5.88 Å². The summed E-state index contributed by atoms with van der Waals surface area (Å²) < 4.78 is 4.88. The molecule has 0 spiro atoms. The minimum atomic E-state index is 0.757. The molecular formula is C6H10N2O. The zero-order valence-electron chi connectivity index (χ0n) is 5.86. The molecule has 3 heteroatoms. The van der Waals surface area contributed by atoms with Crippen molar-refractivity contribution in [1.82, 2.24) is 5.16 Å². The summed E-state index contributed by atoms with van der Waals surface area (Å²) in [6, 6.07) is 0. The maximum absolute atomic E-state index is 4.88. The quantitative estimate of drug-likeness (QED) is 0.617. The van der Waals surface area contributed by atoms with Crippen LogP contribution in [0.1, 0.15) is 11.3 Å². The number of rotatable bonds is 1. The highest BCUT2D eigenvalue weighted by molar-refractivity contribution is 5.40. The van der Waals surface area contributed by atoms with E-state index in [1.807, 2.05) is 20.9 Å². The Balaban J connectivity index is 3.04. The molecule has 1 aromatic rings. The van der Waals surface area contributed by atoms with E-state index in [1.165, 1.54) is 0 Å². The zero-order valence-corrected chi connectivity index (χ0v) is 5.86. The number of hydrogen-bond acceptors (Lipinski definition) is 3. The van der Waals surface area contributed by atoms with Gasteiger partial charge in [-0.2, -0.15) is 0 Å². The van der Waals surface area contributed by atoms with Crippen molar-refractivity contribution in [3.63, 3.8) is 0 Å². The predicted octanol–water partition coefficient (Wildman–Crippen LogP) is 1.33. The smallest absolute Gasteiger partial charge is 0.227 e. The predicted molar refractivity (Wildman–Crippen MR) is 35.5 cm³/mol. The average molecular weight is 126 g/mol. The van der Waals surface area contributed by atoms with E-state index >= 15 is 0 Å². The summed E-state index contributed by atoms with van der Waals surface area (Å²) in [6.45, 7) is 3.89. The van der Waals surface area contributed by atoms with Crippen LogP contribution < -0.4 is 5.32 Å². The normalized spacial score (nSPS) is 9.67. The van der Waals surface area contributed by atoms with Crippen molar-refractivity contribution >= 4 is 5.88 Å². The molecular weight excluding hydrogens is 116 g/mol. The molecule has 0 saturated carbocycles. The highest BCUT2D eigenvalue weighted by atomic mass is 16.5. The number of nitrogens with one attached hydrogen (secondary N) is 1. The van der Waals surface area contributed by atoms with Crippen molar-refractivity contribution in [3.8, 4) is 0 Å². The largest absolute Gasteiger partial charge is 0.357 e. The molecule has 0 unspecified atom stereocenters. The van der Waals surface area contributed by atoms with E-state index in [0.29, 0.717) is 0 Å². The third kappa shape index (κ3) is 0.896. The third-order valence-electron chi connectivity index (χ3n) is 1.38. The maximum Gasteiger partial charge on any atom is 0.227 e. The first-order valence-corrected chi connectivity index (χ1v) is 2.86. The van der Waals surface area contributed by atoms with Crippen molar-refractivity contribution in [2.75, 3.05) is 12.4 Å². The van der Waals surface area contributed by atoms with Gasteiger partial charge in [0.25, 0.3) is 0 Å². The molecule has 50 valence electrons. The van der Waals surface area contributed by atoms with Gasteiger partial charge in [0.15, 0.2) is 0 Å². The van der Waals surface area contributed by atoms with Crippen LogP contribution in [0.3, 0.4) is 0 Å². The highest BCUT2D eigenvalue weighted by Crippen LogP contribution is 2.15. The lowest BCUT2D eigenvalue weighted by atomic mass is 10.3. The molecule has 0 fully saturated rings. The van der Waals surface area contributed by atoms with E-state index < -0.39 is 0 Å². The van der Waals surface area contributed by atoms with Gasteiger partial charge in [0.05, 0.1) is 5.69 Å². The Morgan fingerprint density at radius 1 is 1.44 bits per heavy atom. The second-order valence-corrected chi connectivity index (χ2v) is 1.97. The minimum absolute atomic E-state index is 0.757. The Morgan fingerprint density at radius 3 is 2.33 bits per heavy atom. The maximum atomic E-state index is 4.88. The van der Waals surface area contributed by atoms with Crippen LogP contribution >= 0.6 is 0 Å². The van der Waals surface area contributed by atoms with Crippen molar-refractivity contribution in [1.29, 1.82) is 0 Å². The monoisotopic (exact) mass is 126 g/mol. The topological polar surface area (TPSA) is 38.1 Å². The number of anilines is 1. The van der Waals surface area contributed by atoms with Gasteiger partial charge in [-0.05, 0) is 13.8 Å². The summed E-state index contributed by atoms with van der Waals surface area (Å²) in [4.78, 5) is 0. The SMILES string of the molecule is CNc1onc(C)c1C. The Labute approximate surface area is 54.0 Å². The molecule has 0 bridgehead atoms. The Bertz CT molecular complexity index is 205. The summed E-state index contributed by atoms with van der Waals surface area (Å²) in [5.74, 6) is 0.757. The van der Waals surface area contributed by atoms with Crippen LogP contribution in [-0.4, -0.2) is 12.2 Å². The van der Waals surface area contributed by atoms with E-state index in [1.54, 1.807) is 0 Å². The van der Waals surface area contributed by atoms with Gasteiger partial charge in [-0.1, -0.05) is 5.16 Å². The van der Waals surface area contributed by atoms with Crippen LogP contribution in [0.2, 0.25) is 0 Å². The summed E-state index contributed by atoms with van der Waals surface area (Å²) in [5, 5.41) is 6.64. The lowest BCUT2D eigenvalue weighted by molar-refractivity contribution is 0.428. The Kier molecular flexibility index (Phi) is 1.42. The van der Waals surface area contributed by atoms with Gasteiger partial charge in [0.1, 0.15) is 0 Å². The molecule has 1 rings (SSSR count). The fourth-order valence-electron chi connectivity index (χ4n) is 0.648. The molecule has 1 aromatic heterocycles. The van der Waals surface area contributed by atoms with Gasteiger partial charge in [-0.3, -0.25) is 0 Å². The molecule has 0 aliphatic rings. The first kappa shape index (κ1) is 6.13. The molecule has 0 aliphatic carbocycles. The van der Waals surface area contributed by atoms with E-state index in [4.69, 9.17) is 4.52 Å². The minimum Gasteiger partial charge on any atom is -0.357 e. The number of aryl methyl sites for hydroxylation is 1. The molecule has 0 saturated heterocycles. The summed E-state index contributed by atoms with van der Waals surface area (Å²) >= 11 is 0. The fourth-order valence-corrected chi connectivity index (χ4v) is 0.648. The lowest BCUT2D eigenvalue weighted by Gasteiger charge is -1.90. The summed E-state index contributed by atoms with van der Waals surface area (Å²) in [6.07, 6.45) is 0. The molecule has 1 N–H and O–H groups in total. The van der Waals surface area contributed by atoms with Gasteiger partial charge in [-0.15, -0.1) is 0 Å². The van der Waals surface area contributed by atoms with Crippen LogP contribution in [0.5, 0.6) is 0 Å². The Hall–Kier alpha value is -0.990. The molecule has 3 nitrogen and oxygen atoms in total. The molecule has 0 atom stereocenters. The van der Waals surface area contributed by atoms with E-state index in [0.717, 1.165) is 17.1 Å². The van der Waals surface area contributed by atoms with Crippen molar-refractivity contribution in [3.05, 3.63) is 11.3 Å². The molecule has 9 heavy (non-hydrogen) atoms. The second-order valence-electron chi connectivity index (χ2n) is 1.97. The zero-order chi connectivity index (χ0) is 6.85. The molecule has 0 aliphatic heterocycles. The summed E-state index contributed by atoms with van der Waals surface area (Å²) in [5.41, 5.74) is 2.02. The van der Waals surface area contributed by atoms with E-state index in [9.17, 15) is 0 Å². The first-order chi connectivity index (χ1) is 4.25. The molecule has 1 heterocycles. The van der Waals surface area contributed by atoms with Crippen LogP contribution in [-0.2, 0) is 0 Å². The van der Waals surface area contributed by atoms with Crippen LogP contribution in [0, 0.1) is 13.8 Å². The van der Waals surface area contributed by atoms with Crippen LogP contribution in [0.25, 0.3) is 0 Å². The van der Waals surface area contributed by atoms with Gasteiger partial charge in [0, 0.05) is 12.6 Å². The second kappa shape index (κ2) is 2.09. The number of nitrogens with zero attached hydrogens (tertiary/aromatic N) is 1. The number of hydrogen-bond donors (Lipinski definition) is 1. The first-order valence-electron chi connectivity index (χ1n) is 2.86. The van der Waals surface area contributed by atoms with Crippen LogP contribution in [0.15, 0.2) is 4.52 Å². The third-order valence-corrected chi connectivity index (χ3v) is 1.38. The Morgan fingerprint density at radius 2 is 2.11 bits per heavy atom. The summed E-state index contributed by atoms with van der Waals surface area (Å²) in [7, 11) is 1.81. The lowest BCUT2D eigenvalue weighted by Crippen LogP contribution is -1.86. The van der Waals surface area contributed by atoms with Gasteiger partial charge >= 0.3 is 0 Å². The van der Waals surface area contributed by atoms with Crippen LogP contribution in [0.4, 0.5) is 5.88 Å². The average Bonchev–Trinajstić information content (AvgIpc) is 2.15. The standard InChI is InChI=1S/C6H10N2O/c1-4-5(2)8-9-6(4)7-3/h7H,1-3H3. The van der Waals surface area contributed by atoms with E-state index in [-0.39, 0.29) is 0 Å². The van der Waals surface area contributed by atoms with Gasteiger partial charge < -0.3 is 9.84 Å². The molecule has 0 amide bonds. The van der Waals surface area contributed by atoms with E-state index in [2.05, 4.69) is 10.5 Å². The van der Waals surface area contributed by atoms with Crippen molar-refractivity contribution in [2.24, 2.45) is 0 Å². The highest BCUT2D eigenvalue weighted by Gasteiger charge is 2.03.